The highest BCUT2D eigenvalue weighted by molar-refractivity contribution is 6.28. The molecule has 2 aliphatic rings. The van der Waals surface area contributed by atoms with Gasteiger partial charge in [-0.05, 0) is 25.6 Å². The second kappa shape index (κ2) is 8.29. The molecule has 2 aliphatic heterocycles. The van der Waals surface area contributed by atoms with Crippen LogP contribution in [-0.2, 0) is 11.3 Å². The molecule has 134 valence electrons. The van der Waals surface area contributed by atoms with Crippen molar-refractivity contribution in [1.29, 1.82) is 0 Å². The van der Waals surface area contributed by atoms with Gasteiger partial charge in [0, 0.05) is 45.8 Å². The van der Waals surface area contributed by atoms with Gasteiger partial charge in [0.2, 0.25) is 5.28 Å². The van der Waals surface area contributed by atoms with Crippen molar-refractivity contribution in [3.8, 4) is 5.75 Å². The van der Waals surface area contributed by atoms with Crippen molar-refractivity contribution in [2.75, 3.05) is 71.0 Å². The number of hydrogen-bond donors (Lipinski definition) is 0. The molecule has 2 fully saturated rings. The van der Waals surface area contributed by atoms with Gasteiger partial charge in [-0.15, -0.1) is 0 Å². The maximum absolute atomic E-state index is 6.22. The van der Waals surface area contributed by atoms with Crippen molar-refractivity contribution in [3.63, 3.8) is 0 Å². The fourth-order valence-electron chi connectivity index (χ4n) is 3.06. The van der Waals surface area contributed by atoms with Gasteiger partial charge in [-0.25, -0.2) is 4.98 Å². The first-order valence-corrected chi connectivity index (χ1v) is 8.98. The summed E-state index contributed by atoms with van der Waals surface area (Å²) < 4.78 is 11.4. The SMILES string of the molecule is CCOc1c(CN2CCN(C)CC2)nc(Cl)nc1N1CCOCC1. The van der Waals surface area contributed by atoms with Crippen LogP contribution in [0.3, 0.4) is 0 Å². The molecule has 1 aromatic heterocycles. The van der Waals surface area contributed by atoms with Gasteiger partial charge in [-0.3, -0.25) is 4.90 Å². The van der Waals surface area contributed by atoms with Crippen LogP contribution in [-0.4, -0.2) is 85.9 Å². The van der Waals surface area contributed by atoms with Crippen LogP contribution in [0.2, 0.25) is 5.28 Å². The van der Waals surface area contributed by atoms with Crippen LogP contribution >= 0.6 is 11.6 Å². The molecule has 0 spiro atoms. The zero-order chi connectivity index (χ0) is 16.9. The molecule has 2 saturated heterocycles. The van der Waals surface area contributed by atoms with Crippen LogP contribution in [0.15, 0.2) is 0 Å². The van der Waals surface area contributed by atoms with Gasteiger partial charge in [0.1, 0.15) is 5.69 Å². The third kappa shape index (κ3) is 4.27. The van der Waals surface area contributed by atoms with Crippen molar-refractivity contribution in [3.05, 3.63) is 11.0 Å². The molecule has 0 unspecified atom stereocenters. The van der Waals surface area contributed by atoms with Gasteiger partial charge in [0.05, 0.1) is 19.8 Å². The predicted octanol–water partition coefficient (Wildman–Crippen LogP) is 1.11. The Balaban J connectivity index is 1.84. The first-order valence-electron chi connectivity index (χ1n) is 8.60. The number of likely N-dealkylation sites (N-methyl/N-ethyl adjacent to an activating group) is 1. The van der Waals surface area contributed by atoms with E-state index in [2.05, 4.69) is 31.7 Å². The lowest BCUT2D eigenvalue weighted by molar-refractivity contribution is 0.122. The number of morpholine rings is 1. The van der Waals surface area contributed by atoms with Crippen LogP contribution in [0.25, 0.3) is 0 Å². The third-order valence-electron chi connectivity index (χ3n) is 4.46. The summed E-state index contributed by atoms with van der Waals surface area (Å²) in [5.74, 6) is 1.56. The Labute approximate surface area is 148 Å². The molecule has 0 aromatic carbocycles. The van der Waals surface area contributed by atoms with Crippen LogP contribution in [0, 0.1) is 0 Å². The fraction of sp³-hybridized carbons (Fsp3) is 0.750. The highest BCUT2D eigenvalue weighted by Gasteiger charge is 2.24. The summed E-state index contributed by atoms with van der Waals surface area (Å²) in [5.41, 5.74) is 0.878. The average Bonchev–Trinajstić information content (AvgIpc) is 2.60. The summed E-state index contributed by atoms with van der Waals surface area (Å²) in [6.45, 7) is 10.5. The smallest absolute Gasteiger partial charge is 0.224 e. The summed E-state index contributed by atoms with van der Waals surface area (Å²) in [6, 6.07) is 0. The Hall–Kier alpha value is -1.15. The average molecular weight is 356 g/mol. The van der Waals surface area contributed by atoms with E-state index in [9.17, 15) is 0 Å². The zero-order valence-electron chi connectivity index (χ0n) is 14.5. The fourth-order valence-corrected chi connectivity index (χ4v) is 3.24. The number of hydrogen-bond acceptors (Lipinski definition) is 7. The molecule has 0 bridgehead atoms. The number of aromatic nitrogens is 2. The lowest BCUT2D eigenvalue weighted by Gasteiger charge is -2.33. The Kier molecular flexibility index (Phi) is 6.10. The van der Waals surface area contributed by atoms with Gasteiger partial charge in [0.15, 0.2) is 11.6 Å². The Morgan fingerprint density at radius 2 is 1.79 bits per heavy atom. The van der Waals surface area contributed by atoms with Crippen LogP contribution in [0.5, 0.6) is 5.75 Å². The number of nitrogens with zero attached hydrogens (tertiary/aromatic N) is 5. The van der Waals surface area contributed by atoms with E-state index >= 15 is 0 Å². The van der Waals surface area contributed by atoms with Crippen molar-refractivity contribution >= 4 is 17.4 Å². The molecular formula is C16H26ClN5O2. The van der Waals surface area contributed by atoms with Crippen LogP contribution in [0.1, 0.15) is 12.6 Å². The summed E-state index contributed by atoms with van der Waals surface area (Å²) in [4.78, 5) is 15.8. The molecule has 24 heavy (non-hydrogen) atoms. The first-order chi connectivity index (χ1) is 11.7. The van der Waals surface area contributed by atoms with E-state index in [1.54, 1.807) is 0 Å². The van der Waals surface area contributed by atoms with E-state index in [-0.39, 0.29) is 5.28 Å². The first kappa shape index (κ1) is 17.7. The Bertz CT molecular complexity index is 546. The van der Waals surface area contributed by atoms with Crippen LogP contribution < -0.4 is 9.64 Å². The molecule has 3 rings (SSSR count). The monoisotopic (exact) mass is 355 g/mol. The molecule has 1 aromatic rings. The number of rotatable bonds is 5. The molecule has 3 heterocycles. The zero-order valence-corrected chi connectivity index (χ0v) is 15.3. The molecule has 0 amide bonds. The van der Waals surface area contributed by atoms with Crippen molar-refractivity contribution < 1.29 is 9.47 Å². The van der Waals surface area contributed by atoms with E-state index in [0.29, 0.717) is 19.8 Å². The molecule has 7 nitrogen and oxygen atoms in total. The maximum atomic E-state index is 6.22. The molecule has 0 atom stereocenters. The number of anilines is 1. The van der Waals surface area contributed by atoms with Gasteiger partial charge in [0.25, 0.3) is 0 Å². The summed E-state index contributed by atoms with van der Waals surface area (Å²) in [5, 5.41) is 0.282. The van der Waals surface area contributed by atoms with Gasteiger partial charge in [-0.2, -0.15) is 4.98 Å². The van der Waals surface area contributed by atoms with Crippen molar-refractivity contribution in [2.45, 2.75) is 13.5 Å². The topological polar surface area (TPSA) is 54.0 Å². The van der Waals surface area contributed by atoms with Gasteiger partial charge >= 0.3 is 0 Å². The van der Waals surface area contributed by atoms with Crippen molar-refractivity contribution in [1.82, 2.24) is 19.8 Å². The molecule has 0 saturated carbocycles. The molecule has 0 N–H and O–H groups in total. The van der Waals surface area contributed by atoms with E-state index in [4.69, 9.17) is 21.1 Å². The third-order valence-corrected chi connectivity index (χ3v) is 4.63. The summed E-state index contributed by atoms with van der Waals surface area (Å²) in [7, 11) is 2.15. The molecular weight excluding hydrogens is 330 g/mol. The second-order valence-electron chi connectivity index (χ2n) is 6.20. The molecule has 8 heteroatoms. The normalized spacial score (nSPS) is 20.4. The second-order valence-corrected chi connectivity index (χ2v) is 6.54. The van der Waals surface area contributed by atoms with Crippen molar-refractivity contribution in [2.24, 2.45) is 0 Å². The number of piperazine rings is 1. The molecule has 0 radical (unpaired) electrons. The lowest BCUT2D eigenvalue weighted by Crippen LogP contribution is -2.44. The van der Waals surface area contributed by atoms with Gasteiger partial charge in [-0.1, -0.05) is 0 Å². The summed E-state index contributed by atoms with van der Waals surface area (Å²) in [6.07, 6.45) is 0. The lowest BCUT2D eigenvalue weighted by atomic mass is 10.2. The minimum absolute atomic E-state index is 0.282. The predicted molar refractivity (Wildman–Crippen MR) is 94.0 cm³/mol. The van der Waals surface area contributed by atoms with E-state index in [0.717, 1.165) is 63.1 Å². The van der Waals surface area contributed by atoms with Crippen LogP contribution in [0.4, 0.5) is 5.82 Å². The summed E-state index contributed by atoms with van der Waals surface area (Å²) >= 11 is 6.22. The van der Waals surface area contributed by atoms with E-state index < -0.39 is 0 Å². The Morgan fingerprint density at radius 3 is 2.46 bits per heavy atom. The maximum Gasteiger partial charge on any atom is 0.224 e. The Morgan fingerprint density at radius 1 is 1.08 bits per heavy atom. The number of ether oxygens (including phenoxy) is 2. The van der Waals surface area contributed by atoms with Gasteiger partial charge < -0.3 is 19.3 Å². The highest BCUT2D eigenvalue weighted by Crippen LogP contribution is 2.32. The quantitative estimate of drug-likeness (QED) is 0.733. The molecule has 0 aliphatic carbocycles. The highest BCUT2D eigenvalue weighted by atomic mass is 35.5. The van der Waals surface area contributed by atoms with E-state index in [1.807, 2.05) is 6.92 Å². The van der Waals surface area contributed by atoms with E-state index in [1.165, 1.54) is 0 Å². The number of halogens is 1. The minimum Gasteiger partial charge on any atom is -0.488 e. The standard InChI is InChI=1S/C16H26ClN5O2/c1-3-24-14-13(12-21-6-4-20(2)5-7-21)18-16(17)19-15(14)22-8-10-23-11-9-22/h3-12H2,1-2H3. The largest absolute Gasteiger partial charge is 0.488 e. The minimum atomic E-state index is 0.282.